The molecule has 2 aromatic heterocycles. The van der Waals surface area contributed by atoms with Crippen molar-refractivity contribution in [2.45, 2.75) is 50.7 Å². The van der Waals surface area contributed by atoms with Crippen LogP contribution in [0, 0.1) is 5.92 Å². The SMILES string of the molecule is O=C(Nc1ccc(N2CCN(C(=O)C3CCc4ccccc4N3)CC2)nc1)c1oc(N2CCC(C3=CCCC=C3)CC2)nc1C(F)(F)F. The normalized spacial score (nSPS) is 20.2. The molecular weight excluding hydrogens is 623 g/mol. The lowest BCUT2D eigenvalue weighted by Gasteiger charge is -2.38. The number of carbonyl (C=O) groups excluding carboxylic acids is 2. The van der Waals surface area contributed by atoms with Crippen molar-refractivity contribution < 1.29 is 27.2 Å². The molecule has 3 aromatic rings. The number of anilines is 4. The van der Waals surface area contributed by atoms with E-state index in [0.717, 1.165) is 44.2 Å². The van der Waals surface area contributed by atoms with Gasteiger partial charge in [-0.1, -0.05) is 36.4 Å². The number of piperidine rings is 1. The third-order valence-electron chi connectivity index (χ3n) is 9.62. The molecule has 4 aliphatic rings. The summed E-state index contributed by atoms with van der Waals surface area (Å²) in [4.78, 5) is 40.0. The van der Waals surface area contributed by atoms with Crippen LogP contribution in [0.25, 0.3) is 0 Å². The van der Waals surface area contributed by atoms with Gasteiger partial charge in [0.1, 0.15) is 11.9 Å². The van der Waals surface area contributed by atoms with Crippen LogP contribution in [0.4, 0.5) is 36.4 Å². The molecule has 1 atom stereocenters. The second-order valence-corrected chi connectivity index (χ2v) is 12.7. The maximum Gasteiger partial charge on any atom is 0.437 e. The third-order valence-corrected chi connectivity index (χ3v) is 9.62. The number of hydrogen-bond donors (Lipinski definition) is 2. The first-order valence-corrected chi connectivity index (χ1v) is 16.6. The van der Waals surface area contributed by atoms with Crippen molar-refractivity contribution >= 4 is 35.0 Å². The minimum Gasteiger partial charge on any atom is -0.417 e. The van der Waals surface area contributed by atoms with Gasteiger partial charge in [0.05, 0.1) is 11.9 Å². The molecule has 2 amide bonds. The van der Waals surface area contributed by atoms with E-state index < -0.39 is 23.5 Å². The second kappa shape index (κ2) is 13.4. The highest BCUT2D eigenvalue weighted by Gasteiger charge is 2.42. The van der Waals surface area contributed by atoms with Gasteiger partial charge in [-0.3, -0.25) is 9.59 Å². The Bertz CT molecular complexity index is 1700. The van der Waals surface area contributed by atoms with Crippen molar-refractivity contribution in [3.05, 3.63) is 83.4 Å². The number of hydrogen-bond acceptors (Lipinski definition) is 8. The molecule has 7 rings (SSSR count). The lowest BCUT2D eigenvalue weighted by atomic mass is 9.86. The van der Waals surface area contributed by atoms with Gasteiger partial charge in [0.25, 0.3) is 11.9 Å². The summed E-state index contributed by atoms with van der Waals surface area (Å²) in [6.45, 7) is 3.20. The average molecular weight is 662 g/mol. The van der Waals surface area contributed by atoms with Gasteiger partial charge in [0, 0.05) is 45.0 Å². The smallest absolute Gasteiger partial charge is 0.417 e. The fraction of sp³-hybridized carbons (Fsp3) is 0.429. The Hall–Kier alpha value is -4.81. The fourth-order valence-electron chi connectivity index (χ4n) is 6.97. The molecule has 2 saturated heterocycles. The van der Waals surface area contributed by atoms with E-state index in [1.54, 1.807) is 17.0 Å². The Labute approximate surface area is 276 Å². The van der Waals surface area contributed by atoms with E-state index in [0.29, 0.717) is 51.0 Å². The van der Waals surface area contributed by atoms with E-state index in [2.05, 4.69) is 44.9 Å². The maximum atomic E-state index is 14.0. The third kappa shape index (κ3) is 6.76. The Kier molecular flexibility index (Phi) is 8.84. The predicted octanol–water partition coefficient (Wildman–Crippen LogP) is 5.91. The van der Waals surface area contributed by atoms with Crippen molar-refractivity contribution in [1.29, 1.82) is 0 Å². The van der Waals surface area contributed by atoms with Crippen LogP contribution in [0.1, 0.15) is 53.9 Å². The largest absolute Gasteiger partial charge is 0.437 e. The van der Waals surface area contributed by atoms with Crippen LogP contribution >= 0.6 is 0 Å². The number of oxazole rings is 1. The molecule has 1 unspecified atom stereocenters. The number of alkyl halides is 3. The summed E-state index contributed by atoms with van der Waals surface area (Å²) in [6.07, 6.45) is 8.22. The van der Waals surface area contributed by atoms with Gasteiger partial charge in [-0.15, -0.1) is 0 Å². The van der Waals surface area contributed by atoms with E-state index in [-0.39, 0.29) is 23.7 Å². The summed E-state index contributed by atoms with van der Waals surface area (Å²) in [5, 5.41) is 5.87. The number of halogens is 3. The van der Waals surface area contributed by atoms with Gasteiger partial charge in [-0.2, -0.15) is 18.2 Å². The van der Waals surface area contributed by atoms with Gasteiger partial charge in [-0.25, -0.2) is 4.98 Å². The maximum absolute atomic E-state index is 14.0. The average Bonchev–Trinajstić information content (AvgIpc) is 3.59. The zero-order chi connectivity index (χ0) is 33.3. The molecule has 2 N–H and O–H groups in total. The summed E-state index contributed by atoms with van der Waals surface area (Å²) in [5.74, 6) is -0.849. The van der Waals surface area contributed by atoms with Crippen molar-refractivity contribution in [3.8, 4) is 0 Å². The summed E-state index contributed by atoms with van der Waals surface area (Å²) in [7, 11) is 0. The van der Waals surface area contributed by atoms with E-state index in [9.17, 15) is 22.8 Å². The number of carbonyl (C=O) groups is 2. The summed E-state index contributed by atoms with van der Waals surface area (Å²) in [5.41, 5.74) is 2.39. The molecule has 5 heterocycles. The highest BCUT2D eigenvalue weighted by atomic mass is 19.4. The Balaban J connectivity index is 0.945. The standard InChI is InChI=1S/C35H38F3N7O3/c36-35(37,38)31-30(48-34(42-31)45-16-14-24(15-17-45)23-6-2-1-3-7-23)32(46)40-26-11-13-29(39-22-26)43-18-20-44(21-19-43)33(47)28-12-10-25-8-4-5-9-27(25)41-28/h2,4-9,11,13,22,24,28,41H,1,3,10,12,14-21H2,(H,40,46). The van der Waals surface area contributed by atoms with Crippen molar-refractivity contribution in [1.82, 2.24) is 14.9 Å². The van der Waals surface area contributed by atoms with Crippen LogP contribution < -0.4 is 20.4 Å². The Morgan fingerprint density at radius 1 is 0.938 bits per heavy atom. The summed E-state index contributed by atoms with van der Waals surface area (Å²) in [6, 6.07) is 10.9. The van der Waals surface area contributed by atoms with E-state index >= 15 is 0 Å². The first-order valence-electron chi connectivity index (χ1n) is 16.6. The van der Waals surface area contributed by atoms with Crippen LogP contribution in [0.5, 0.6) is 0 Å². The summed E-state index contributed by atoms with van der Waals surface area (Å²) >= 11 is 0. The molecule has 2 fully saturated rings. The first-order chi connectivity index (χ1) is 23.2. The van der Waals surface area contributed by atoms with Crippen LogP contribution in [0.15, 0.2) is 70.8 Å². The molecule has 48 heavy (non-hydrogen) atoms. The number of allylic oxidation sites excluding steroid dienone is 4. The summed E-state index contributed by atoms with van der Waals surface area (Å²) < 4.78 is 47.4. The molecule has 0 saturated carbocycles. The number of fused-ring (bicyclic) bond motifs is 1. The molecule has 0 radical (unpaired) electrons. The topological polar surface area (TPSA) is 107 Å². The van der Waals surface area contributed by atoms with Gasteiger partial charge < -0.3 is 29.8 Å². The number of nitrogens with zero attached hydrogens (tertiary/aromatic N) is 5. The number of para-hydroxylation sites is 1. The first kappa shape index (κ1) is 31.8. The molecule has 0 bridgehead atoms. The Morgan fingerprint density at radius 2 is 1.73 bits per heavy atom. The molecule has 0 spiro atoms. The Morgan fingerprint density at radius 3 is 2.44 bits per heavy atom. The predicted molar refractivity (Wildman–Crippen MR) is 176 cm³/mol. The van der Waals surface area contributed by atoms with Gasteiger partial charge in [0.2, 0.25) is 11.7 Å². The lowest BCUT2D eigenvalue weighted by molar-refractivity contribution is -0.141. The van der Waals surface area contributed by atoms with Crippen molar-refractivity contribution in [2.75, 3.05) is 59.7 Å². The van der Waals surface area contributed by atoms with Crippen molar-refractivity contribution in [2.24, 2.45) is 5.92 Å². The van der Waals surface area contributed by atoms with Crippen molar-refractivity contribution in [3.63, 3.8) is 0 Å². The lowest BCUT2D eigenvalue weighted by Crippen LogP contribution is -2.53. The highest BCUT2D eigenvalue weighted by Crippen LogP contribution is 2.36. The van der Waals surface area contributed by atoms with Gasteiger partial charge >= 0.3 is 6.18 Å². The molecule has 10 nitrogen and oxygen atoms in total. The number of piperazine rings is 1. The van der Waals surface area contributed by atoms with E-state index in [4.69, 9.17) is 4.42 Å². The molecular formula is C35H38F3N7O3. The molecule has 13 heteroatoms. The number of nitrogens with one attached hydrogen (secondary N) is 2. The number of amides is 2. The van der Waals surface area contributed by atoms with Crippen LogP contribution in [-0.4, -0.2) is 72.0 Å². The quantitative estimate of drug-likeness (QED) is 0.336. The van der Waals surface area contributed by atoms with E-state index in [1.165, 1.54) is 17.3 Å². The minimum absolute atomic E-state index is 0.0861. The number of aromatic nitrogens is 2. The molecule has 1 aromatic carbocycles. The number of aryl methyl sites for hydroxylation is 1. The fourth-order valence-corrected chi connectivity index (χ4v) is 6.97. The minimum atomic E-state index is -4.87. The number of rotatable bonds is 6. The van der Waals surface area contributed by atoms with Gasteiger partial charge in [0.15, 0.2) is 5.69 Å². The number of pyridine rings is 1. The van der Waals surface area contributed by atoms with Gasteiger partial charge in [-0.05, 0) is 73.8 Å². The molecule has 1 aliphatic carbocycles. The number of benzene rings is 1. The van der Waals surface area contributed by atoms with Crippen LogP contribution in [0.3, 0.4) is 0 Å². The zero-order valence-electron chi connectivity index (χ0n) is 26.5. The van der Waals surface area contributed by atoms with Crippen LogP contribution in [-0.2, 0) is 17.4 Å². The second-order valence-electron chi connectivity index (χ2n) is 12.7. The van der Waals surface area contributed by atoms with E-state index in [1.807, 2.05) is 28.0 Å². The van der Waals surface area contributed by atoms with Crippen LogP contribution in [0.2, 0.25) is 0 Å². The highest BCUT2D eigenvalue weighted by molar-refractivity contribution is 6.03. The molecule has 3 aliphatic heterocycles. The molecule has 252 valence electrons. The zero-order valence-corrected chi connectivity index (χ0v) is 26.5. The monoisotopic (exact) mass is 661 g/mol.